The zero-order valence-electron chi connectivity index (χ0n) is 12.1. The number of carbonyl (C=O) groups excluding carboxylic acids is 1. The molecule has 4 nitrogen and oxygen atoms in total. The number of carbonyl (C=O) groups is 1. The number of ether oxygens (including phenoxy) is 1. The lowest BCUT2D eigenvalue weighted by Crippen LogP contribution is -2.35. The van der Waals surface area contributed by atoms with Gasteiger partial charge in [-0.2, -0.15) is 0 Å². The number of nitrogens with one attached hydrogen (secondary N) is 1. The number of halogens is 1. The molecule has 1 aromatic rings. The first-order chi connectivity index (χ1) is 9.41. The molecule has 112 valence electrons. The molecule has 0 spiro atoms. The van der Waals surface area contributed by atoms with Crippen molar-refractivity contribution in [1.29, 1.82) is 0 Å². The summed E-state index contributed by atoms with van der Waals surface area (Å²) < 4.78 is 6.22. The maximum atomic E-state index is 12.0. The zero-order valence-corrected chi connectivity index (χ0v) is 13.7. The van der Waals surface area contributed by atoms with Crippen molar-refractivity contribution in [2.24, 2.45) is 5.92 Å². The number of hydrogen-bond acceptors (Lipinski definition) is 3. The molecule has 0 saturated carbocycles. The second-order valence-electron chi connectivity index (χ2n) is 5.21. The first-order valence-electron chi connectivity index (χ1n) is 6.71. The van der Waals surface area contributed by atoms with E-state index < -0.39 is 6.10 Å². The molecule has 0 radical (unpaired) electrons. The third-order valence-electron chi connectivity index (χ3n) is 2.77. The van der Waals surface area contributed by atoms with E-state index in [4.69, 9.17) is 4.74 Å². The fourth-order valence-corrected chi connectivity index (χ4v) is 2.02. The smallest absolute Gasteiger partial charge is 0.251 e. The third-order valence-corrected chi connectivity index (χ3v) is 3.63. The Bertz CT molecular complexity index is 449. The number of amides is 1. The summed E-state index contributed by atoms with van der Waals surface area (Å²) in [5.74, 6) is 0.243. The van der Waals surface area contributed by atoms with Gasteiger partial charge in [0.25, 0.3) is 5.91 Å². The minimum absolute atomic E-state index is 0.183. The van der Waals surface area contributed by atoms with Gasteiger partial charge in [0, 0.05) is 23.2 Å². The van der Waals surface area contributed by atoms with E-state index in [2.05, 4.69) is 21.2 Å². The molecule has 0 heterocycles. The highest BCUT2D eigenvalue weighted by Crippen LogP contribution is 2.19. The maximum Gasteiger partial charge on any atom is 0.251 e. The molecule has 1 atom stereocenters. The largest absolute Gasteiger partial charge is 0.389 e. The Morgan fingerprint density at radius 2 is 2.10 bits per heavy atom. The van der Waals surface area contributed by atoms with Gasteiger partial charge in [-0.25, -0.2) is 0 Å². The quantitative estimate of drug-likeness (QED) is 0.799. The Hall–Kier alpha value is -0.910. The molecule has 0 aliphatic carbocycles. The summed E-state index contributed by atoms with van der Waals surface area (Å²) in [6.07, 6.45) is -0.690. The van der Waals surface area contributed by atoms with E-state index in [9.17, 15) is 9.90 Å². The molecule has 20 heavy (non-hydrogen) atoms. The first kappa shape index (κ1) is 17.1. The van der Waals surface area contributed by atoms with Gasteiger partial charge in [-0.1, -0.05) is 35.8 Å². The van der Waals surface area contributed by atoms with E-state index in [1.54, 1.807) is 6.07 Å². The summed E-state index contributed by atoms with van der Waals surface area (Å²) in [4.78, 5) is 12.0. The van der Waals surface area contributed by atoms with E-state index in [0.29, 0.717) is 18.1 Å². The molecule has 0 aliphatic heterocycles. The summed E-state index contributed by atoms with van der Waals surface area (Å²) in [5.41, 5.74) is 1.49. The van der Waals surface area contributed by atoms with Crippen LogP contribution in [0.1, 0.15) is 29.8 Å². The van der Waals surface area contributed by atoms with Crippen LogP contribution in [0.4, 0.5) is 0 Å². The number of benzene rings is 1. The second-order valence-corrected chi connectivity index (χ2v) is 6.06. The molecule has 0 aliphatic rings. The van der Waals surface area contributed by atoms with Gasteiger partial charge in [-0.3, -0.25) is 4.79 Å². The molecule has 1 amide bonds. The predicted molar refractivity (Wildman–Crippen MR) is 82.9 cm³/mol. The van der Waals surface area contributed by atoms with Gasteiger partial charge in [0.1, 0.15) is 0 Å². The normalized spacial score (nSPS) is 12.5. The van der Waals surface area contributed by atoms with Crippen LogP contribution in [0.25, 0.3) is 0 Å². The molecule has 1 aromatic carbocycles. The Labute approximate surface area is 128 Å². The van der Waals surface area contributed by atoms with Gasteiger partial charge >= 0.3 is 0 Å². The lowest BCUT2D eigenvalue weighted by atomic mass is 10.1. The minimum Gasteiger partial charge on any atom is -0.389 e. The summed E-state index contributed by atoms with van der Waals surface area (Å²) >= 11 is 3.39. The monoisotopic (exact) mass is 343 g/mol. The molecule has 5 heteroatoms. The molecule has 0 bridgehead atoms. The number of aliphatic hydroxyl groups is 1. The average molecular weight is 344 g/mol. The average Bonchev–Trinajstić information content (AvgIpc) is 2.38. The molecule has 1 rings (SSSR count). The number of aliphatic hydroxyl groups excluding tert-OH is 1. The van der Waals surface area contributed by atoms with Gasteiger partial charge in [0.2, 0.25) is 0 Å². The van der Waals surface area contributed by atoms with Crippen LogP contribution in [-0.2, 0) is 4.74 Å². The van der Waals surface area contributed by atoms with Crippen molar-refractivity contribution in [3.63, 3.8) is 0 Å². The van der Waals surface area contributed by atoms with Crippen molar-refractivity contribution in [3.8, 4) is 0 Å². The van der Waals surface area contributed by atoms with Gasteiger partial charge in [-0.15, -0.1) is 0 Å². The SMILES string of the molecule is Cc1c(Br)cccc1C(=O)NCC(O)COCC(C)C. The lowest BCUT2D eigenvalue weighted by Gasteiger charge is -2.14. The predicted octanol–water partition coefficient (Wildman–Crippen LogP) is 2.52. The fourth-order valence-electron chi connectivity index (χ4n) is 1.66. The van der Waals surface area contributed by atoms with Crippen LogP contribution in [0.15, 0.2) is 22.7 Å². The number of rotatable bonds is 7. The lowest BCUT2D eigenvalue weighted by molar-refractivity contribution is 0.0259. The Balaban J connectivity index is 2.41. The van der Waals surface area contributed by atoms with Crippen LogP contribution in [0.2, 0.25) is 0 Å². The van der Waals surface area contributed by atoms with Crippen LogP contribution in [-0.4, -0.2) is 36.9 Å². The minimum atomic E-state index is -0.690. The molecule has 0 saturated heterocycles. The highest BCUT2D eigenvalue weighted by molar-refractivity contribution is 9.10. The molecule has 0 aromatic heterocycles. The van der Waals surface area contributed by atoms with E-state index in [1.807, 2.05) is 32.9 Å². The van der Waals surface area contributed by atoms with Gasteiger partial charge < -0.3 is 15.2 Å². The standard InChI is InChI=1S/C15H22BrNO3/c1-10(2)8-20-9-12(18)7-17-15(19)13-5-4-6-14(16)11(13)3/h4-6,10,12,18H,7-9H2,1-3H3,(H,17,19). The van der Waals surface area contributed by atoms with Gasteiger partial charge in [0.05, 0.1) is 12.7 Å². The molecule has 1 unspecified atom stereocenters. The van der Waals surface area contributed by atoms with Gasteiger partial charge in [-0.05, 0) is 30.5 Å². The van der Waals surface area contributed by atoms with Crippen molar-refractivity contribution in [3.05, 3.63) is 33.8 Å². The summed E-state index contributed by atoms with van der Waals surface area (Å²) in [6.45, 7) is 6.99. The van der Waals surface area contributed by atoms with Crippen LogP contribution in [0, 0.1) is 12.8 Å². The summed E-state index contributed by atoms with van der Waals surface area (Å²) in [7, 11) is 0. The Morgan fingerprint density at radius 1 is 1.40 bits per heavy atom. The number of hydrogen-bond donors (Lipinski definition) is 2. The van der Waals surface area contributed by atoms with E-state index >= 15 is 0 Å². The summed E-state index contributed by atoms with van der Waals surface area (Å²) in [6, 6.07) is 5.46. The van der Waals surface area contributed by atoms with Crippen LogP contribution < -0.4 is 5.32 Å². The summed E-state index contributed by atoms with van der Waals surface area (Å²) in [5, 5.41) is 12.4. The van der Waals surface area contributed by atoms with Crippen LogP contribution in [0.3, 0.4) is 0 Å². The van der Waals surface area contributed by atoms with Crippen molar-refractivity contribution < 1.29 is 14.6 Å². The second kappa shape index (κ2) is 8.39. The Kier molecular flexibility index (Phi) is 7.19. The van der Waals surface area contributed by atoms with Crippen molar-refractivity contribution in [2.75, 3.05) is 19.8 Å². The molecule has 0 fully saturated rings. The zero-order chi connectivity index (χ0) is 15.1. The topological polar surface area (TPSA) is 58.6 Å². The third kappa shape index (κ3) is 5.61. The fraction of sp³-hybridized carbons (Fsp3) is 0.533. The molecule has 2 N–H and O–H groups in total. The maximum absolute atomic E-state index is 12.0. The highest BCUT2D eigenvalue weighted by Gasteiger charge is 2.12. The molecular weight excluding hydrogens is 322 g/mol. The van der Waals surface area contributed by atoms with Crippen LogP contribution in [0.5, 0.6) is 0 Å². The van der Waals surface area contributed by atoms with Gasteiger partial charge in [0.15, 0.2) is 0 Å². The van der Waals surface area contributed by atoms with Crippen LogP contribution >= 0.6 is 15.9 Å². The van der Waals surface area contributed by atoms with Crippen molar-refractivity contribution in [1.82, 2.24) is 5.32 Å². The highest BCUT2D eigenvalue weighted by atomic mass is 79.9. The van der Waals surface area contributed by atoms with E-state index in [-0.39, 0.29) is 19.1 Å². The Morgan fingerprint density at radius 3 is 2.75 bits per heavy atom. The van der Waals surface area contributed by atoms with E-state index in [1.165, 1.54) is 0 Å². The van der Waals surface area contributed by atoms with Crippen molar-refractivity contribution in [2.45, 2.75) is 26.9 Å². The van der Waals surface area contributed by atoms with Crippen molar-refractivity contribution >= 4 is 21.8 Å². The van der Waals surface area contributed by atoms with E-state index in [0.717, 1.165) is 10.0 Å². The first-order valence-corrected chi connectivity index (χ1v) is 7.50. The molecular formula is C15H22BrNO3.